The van der Waals surface area contributed by atoms with E-state index in [9.17, 15) is 15.8 Å². The maximum absolute atomic E-state index is 9.82. The van der Waals surface area contributed by atoms with Crippen LogP contribution in [-0.4, -0.2) is 17.0 Å². The van der Waals surface area contributed by atoms with Gasteiger partial charge < -0.3 is 4.90 Å². The highest BCUT2D eigenvalue weighted by molar-refractivity contribution is 5.57. The van der Waals surface area contributed by atoms with Gasteiger partial charge in [-0.2, -0.15) is 15.8 Å². The third kappa shape index (κ3) is 2.81. The van der Waals surface area contributed by atoms with Crippen LogP contribution in [0.1, 0.15) is 54.4 Å². The molecule has 0 bridgehead atoms. The van der Waals surface area contributed by atoms with Crippen LogP contribution in [0.2, 0.25) is 0 Å². The second-order valence-electron chi connectivity index (χ2n) is 8.14. The summed E-state index contributed by atoms with van der Waals surface area (Å²) in [5.74, 6) is 1.08. The summed E-state index contributed by atoms with van der Waals surface area (Å²) in [6.07, 6.45) is 1.40. The van der Waals surface area contributed by atoms with Crippen molar-refractivity contribution in [1.29, 1.82) is 15.8 Å². The lowest BCUT2D eigenvalue weighted by molar-refractivity contribution is 0.209. The lowest BCUT2D eigenvalue weighted by atomic mass is 9.72. The third-order valence-corrected chi connectivity index (χ3v) is 6.07. The van der Waals surface area contributed by atoms with Gasteiger partial charge in [0.2, 0.25) is 0 Å². The Morgan fingerprint density at radius 1 is 0.958 bits per heavy atom. The quantitative estimate of drug-likeness (QED) is 0.675. The average molecular weight is 322 g/mol. The lowest BCUT2D eigenvalue weighted by Gasteiger charge is -2.41. The van der Waals surface area contributed by atoms with Gasteiger partial charge in [0.1, 0.15) is 23.8 Å². The molecule has 0 saturated carbocycles. The molecule has 1 aliphatic carbocycles. The van der Waals surface area contributed by atoms with E-state index in [0.717, 1.165) is 12.1 Å². The average Bonchev–Trinajstić information content (AvgIpc) is 2.71. The first-order chi connectivity index (χ1) is 11.2. The molecule has 0 radical (unpaired) electrons. The lowest BCUT2D eigenvalue weighted by Crippen LogP contribution is -2.38. The highest BCUT2D eigenvalue weighted by atomic mass is 15.2. The first-order valence-electron chi connectivity index (χ1n) is 8.63. The van der Waals surface area contributed by atoms with Gasteiger partial charge in [-0.15, -0.1) is 0 Å². The molecule has 1 fully saturated rings. The van der Waals surface area contributed by atoms with Crippen molar-refractivity contribution >= 4 is 0 Å². The molecule has 1 aliphatic heterocycles. The van der Waals surface area contributed by atoms with E-state index in [1.54, 1.807) is 0 Å². The molecule has 126 valence electrons. The van der Waals surface area contributed by atoms with Crippen LogP contribution in [0.15, 0.2) is 22.4 Å². The minimum absolute atomic E-state index is 0.0710. The largest absolute Gasteiger partial charge is 0.368 e. The van der Waals surface area contributed by atoms with Crippen LogP contribution >= 0.6 is 0 Å². The van der Waals surface area contributed by atoms with E-state index in [1.807, 2.05) is 12.1 Å². The molecule has 0 N–H and O–H groups in total. The number of nitriles is 3. The zero-order valence-corrected chi connectivity index (χ0v) is 15.5. The van der Waals surface area contributed by atoms with Gasteiger partial charge in [0.15, 0.2) is 0 Å². The topological polar surface area (TPSA) is 74.6 Å². The minimum atomic E-state index is -0.0710. The first-order valence-corrected chi connectivity index (χ1v) is 8.63. The summed E-state index contributed by atoms with van der Waals surface area (Å²) in [7, 11) is 0. The molecule has 4 unspecified atom stereocenters. The molecule has 1 saturated heterocycles. The summed E-state index contributed by atoms with van der Waals surface area (Å²) in [6, 6.07) is 6.98. The van der Waals surface area contributed by atoms with Crippen LogP contribution in [0.4, 0.5) is 0 Å². The zero-order chi connectivity index (χ0) is 18.2. The minimum Gasteiger partial charge on any atom is -0.368 e. The van der Waals surface area contributed by atoms with Gasteiger partial charge in [0, 0.05) is 23.4 Å². The summed E-state index contributed by atoms with van der Waals surface area (Å²) >= 11 is 0. The van der Waals surface area contributed by atoms with E-state index in [-0.39, 0.29) is 11.0 Å². The molecule has 0 aromatic carbocycles. The first kappa shape index (κ1) is 18.1. The summed E-state index contributed by atoms with van der Waals surface area (Å²) in [5.41, 5.74) is 2.20. The van der Waals surface area contributed by atoms with Crippen molar-refractivity contribution in [2.75, 3.05) is 0 Å². The maximum atomic E-state index is 9.82. The molecule has 2 rings (SSSR count). The Kier molecular flexibility index (Phi) is 4.77. The van der Waals surface area contributed by atoms with Crippen molar-refractivity contribution in [3.05, 3.63) is 22.4 Å². The fraction of sp³-hybridized carbons (Fsp3) is 0.650. The summed E-state index contributed by atoms with van der Waals surface area (Å²) in [4.78, 5) is 2.38. The van der Waals surface area contributed by atoms with Gasteiger partial charge in [0.05, 0.1) is 5.57 Å². The number of hydrogen-bond acceptors (Lipinski definition) is 4. The number of hydrogen-bond donors (Lipinski definition) is 0. The standard InChI is InChI=1S/C20H26N4/c1-12-13(2)15(4)24(14(12)3)19-8-20(5,6)7-17(18(19)11-23)16(9-21)10-22/h12-15H,7-8H2,1-6H3. The number of allylic oxidation sites excluding steroid dienone is 4. The van der Waals surface area contributed by atoms with Crippen molar-refractivity contribution in [2.45, 2.75) is 66.5 Å². The molecule has 4 atom stereocenters. The number of rotatable bonds is 1. The molecule has 2 aliphatic rings. The van der Waals surface area contributed by atoms with Gasteiger partial charge in [-0.25, -0.2) is 0 Å². The Bertz CT molecular complexity index is 690. The van der Waals surface area contributed by atoms with Crippen LogP contribution in [0.25, 0.3) is 0 Å². The maximum Gasteiger partial charge on any atom is 0.134 e. The fourth-order valence-electron chi connectivity index (χ4n) is 4.32. The number of nitrogens with zero attached hydrogens (tertiary/aromatic N) is 4. The Morgan fingerprint density at radius 3 is 1.88 bits per heavy atom. The Hall–Kier alpha value is -2.25. The smallest absolute Gasteiger partial charge is 0.134 e. The van der Waals surface area contributed by atoms with Crippen LogP contribution in [0, 0.1) is 51.2 Å². The van der Waals surface area contributed by atoms with Crippen molar-refractivity contribution < 1.29 is 0 Å². The second-order valence-corrected chi connectivity index (χ2v) is 8.14. The normalized spacial score (nSPS) is 32.1. The van der Waals surface area contributed by atoms with Crippen LogP contribution < -0.4 is 0 Å². The monoisotopic (exact) mass is 322 g/mol. The summed E-state index contributed by atoms with van der Waals surface area (Å²) in [5, 5.41) is 28.5. The van der Waals surface area contributed by atoms with Gasteiger partial charge in [-0.05, 0) is 43.9 Å². The highest BCUT2D eigenvalue weighted by Crippen LogP contribution is 2.48. The molecule has 24 heavy (non-hydrogen) atoms. The molecule has 0 amide bonds. The van der Waals surface area contributed by atoms with Crippen molar-refractivity contribution in [3.8, 4) is 18.2 Å². The van der Waals surface area contributed by atoms with E-state index in [0.29, 0.717) is 41.5 Å². The summed E-state index contributed by atoms with van der Waals surface area (Å²) < 4.78 is 0. The molecular weight excluding hydrogens is 296 g/mol. The molecule has 0 aromatic heterocycles. The Labute approximate surface area is 145 Å². The van der Waals surface area contributed by atoms with Crippen LogP contribution in [0.3, 0.4) is 0 Å². The van der Waals surface area contributed by atoms with Crippen LogP contribution in [0.5, 0.6) is 0 Å². The molecule has 0 spiro atoms. The van der Waals surface area contributed by atoms with Gasteiger partial charge >= 0.3 is 0 Å². The molecule has 0 aromatic rings. The van der Waals surface area contributed by atoms with E-state index in [1.165, 1.54) is 0 Å². The SMILES string of the molecule is CC1C(C)C(C)N(C2=C(C#N)C(=C(C#N)C#N)CC(C)(C)C2)C1C. The van der Waals surface area contributed by atoms with Crippen molar-refractivity contribution in [2.24, 2.45) is 17.3 Å². The third-order valence-electron chi connectivity index (χ3n) is 6.07. The van der Waals surface area contributed by atoms with E-state index in [2.05, 4.69) is 52.5 Å². The predicted octanol–water partition coefficient (Wildman–Crippen LogP) is 4.29. The van der Waals surface area contributed by atoms with Crippen LogP contribution in [-0.2, 0) is 0 Å². The van der Waals surface area contributed by atoms with Gasteiger partial charge in [-0.3, -0.25) is 0 Å². The molecule has 4 nitrogen and oxygen atoms in total. The summed E-state index contributed by atoms with van der Waals surface area (Å²) in [6.45, 7) is 13.2. The Morgan fingerprint density at radius 2 is 1.46 bits per heavy atom. The van der Waals surface area contributed by atoms with E-state index >= 15 is 0 Å². The fourth-order valence-corrected chi connectivity index (χ4v) is 4.32. The van der Waals surface area contributed by atoms with Gasteiger partial charge in [0.25, 0.3) is 0 Å². The van der Waals surface area contributed by atoms with Crippen molar-refractivity contribution in [3.63, 3.8) is 0 Å². The zero-order valence-electron chi connectivity index (χ0n) is 15.5. The molecule has 1 heterocycles. The predicted molar refractivity (Wildman–Crippen MR) is 93.0 cm³/mol. The van der Waals surface area contributed by atoms with Gasteiger partial charge in [-0.1, -0.05) is 27.7 Å². The second kappa shape index (κ2) is 6.33. The Balaban J connectivity index is 2.70. The van der Waals surface area contributed by atoms with E-state index in [4.69, 9.17) is 0 Å². The number of likely N-dealkylation sites (tertiary alicyclic amines) is 1. The van der Waals surface area contributed by atoms with E-state index < -0.39 is 0 Å². The van der Waals surface area contributed by atoms with Crippen molar-refractivity contribution in [1.82, 2.24) is 4.90 Å². The molecule has 4 heteroatoms. The highest BCUT2D eigenvalue weighted by Gasteiger charge is 2.44. The molecular formula is C20H26N4.